The Balaban J connectivity index is 1.42. The third-order valence-corrected chi connectivity index (χ3v) is 11.0. The Morgan fingerprint density at radius 1 is 1.09 bits per heavy atom. The van der Waals surface area contributed by atoms with E-state index in [4.69, 9.17) is 23.7 Å². The molecule has 0 bridgehead atoms. The van der Waals surface area contributed by atoms with Crippen molar-refractivity contribution in [3.05, 3.63) is 0 Å². The Labute approximate surface area is 268 Å². The van der Waals surface area contributed by atoms with Gasteiger partial charge < -0.3 is 38.8 Å². The van der Waals surface area contributed by atoms with Crippen LogP contribution >= 0.6 is 0 Å². The van der Waals surface area contributed by atoms with Crippen molar-refractivity contribution in [2.24, 2.45) is 29.1 Å². The third kappa shape index (κ3) is 6.71. The minimum absolute atomic E-state index is 0.0281. The molecular formula is C33H56N4O8. The van der Waals surface area contributed by atoms with Crippen LogP contribution in [-0.4, -0.2) is 142 Å². The molecule has 0 aliphatic carbocycles. The summed E-state index contributed by atoms with van der Waals surface area (Å²) in [7, 11) is 7.71. The summed E-state index contributed by atoms with van der Waals surface area (Å²) in [5.41, 5.74) is -1.42. The fourth-order valence-corrected chi connectivity index (χ4v) is 8.23. The van der Waals surface area contributed by atoms with E-state index in [2.05, 4.69) is 22.0 Å². The lowest BCUT2D eigenvalue weighted by atomic mass is 9.76. The van der Waals surface area contributed by atoms with Gasteiger partial charge in [0.2, 0.25) is 5.91 Å². The molecule has 256 valence electrons. The Kier molecular flexibility index (Phi) is 10.4. The minimum Gasteiger partial charge on any atom is -0.463 e. The number of amides is 1. The predicted octanol–water partition coefficient (Wildman–Crippen LogP) is 1.36. The average Bonchev–Trinajstić information content (AvgIpc) is 3.51. The lowest BCUT2D eigenvalue weighted by molar-refractivity contribution is -0.424. The van der Waals surface area contributed by atoms with E-state index in [1.807, 2.05) is 33.0 Å². The second kappa shape index (κ2) is 13.4. The number of nitrogens with zero attached hydrogens (tertiary/aromatic N) is 3. The van der Waals surface area contributed by atoms with Crippen LogP contribution in [0.2, 0.25) is 0 Å². The van der Waals surface area contributed by atoms with Crippen LogP contribution in [0.1, 0.15) is 53.9 Å². The van der Waals surface area contributed by atoms with Crippen LogP contribution in [0.4, 0.5) is 0 Å². The van der Waals surface area contributed by atoms with Crippen LogP contribution in [0.15, 0.2) is 0 Å². The number of hydrogen-bond acceptors (Lipinski definition) is 11. The number of cyclic esters (lactones) is 1. The highest BCUT2D eigenvalue weighted by atomic mass is 16.8. The average molecular weight is 637 g/mol. The Bertz CT molecular complexity index is 1090. The van der Waals surface area contributed by atoms with Gasteiger partial charge in [-0.3, -0.25) is 19.3 Å². The van der Waals surface area contributed by atoms with Gasteiger partial charge in [0.15, 0.2) is 17.9 Å². The normalized spacial score (nSPS) is 42.1. The smallest absolute Gasteiger partial charge is 0.319 e. The molecule has 0 radical (unpaired) electrons. The van der Waals surface area contributed by atoms with Gasteiger partial charge in [0, 0.05) is 63.6 Å². The van der Waals surface area contributed by atoms with E-state index < -0.39 is 41.6 Å². The molecule has 12 nitrogen and oxygen atoms in total. The molecule has 0 spiro atoms. The standard InChI is InChI=1S/C33H56N4O8/c1-19-13-33(41-9)28(44-30-26(45-33)24(35(6)7)12-20(2)43-30)21(3)27(38)32(4,5)31(40)42-18-25(36(8)15-19)23-16-37(17-23)29(39)22-10-11-34-14-22/h19-26,28,30,34H,10-18H2,1-9H3/t19-,20-,21+,22-,24+,25+,26-,28-,30+,33+/m1/s1. The number of carbonyl (C=O) groups is 3. The molecule has 0 unspecified atom stereocenters. The first-order valence-corrected chi connectivity index (χ1v) is 16.8. The van der Waals surface area contributed by atoms with E-state index in [0.717, 1.165) is 25.9 Å². The van der Waals surface area contributed by atoms with Crippen LogP contribution in [-0.2, 0) is 38.1 Å². The van der Waals surface area contributed by atoms with E-state index in [1.165, 1.54) is 0 Å². The number of Topliss-reactive ketones (excluding diaryl/α,β-unsaturated/α-hetero) is 1. The zero-order valence-electron chi connectivity index (χ0n) is 28.7. The van der Waals surface area contributed by atoms with Crippen LogP contribution < -0.4 is 5.32 Å². The summed E-state index contributed by atoms with van der Waals surface area (Å²) in [5, 5.41) is 3.28. The number of fused-ring (bicyclic) bond motifs is 2. The summed E-state index contributed by atoms with van der Waals surface area (Å²) < 4.78 is 32.1. The van der Waals surface area contributed by atoms with Crippen molar-refractivity contribution in [3.8, 4) is 0 Å². The summed E-state index contributed by atoms with van der Waals surface area (Å²) in [6, 6.07) is -0.0832. The highest BCUT2D eigenvalue weighted by Crippen LogP contribution is 2.45. The molecule has 5 rings (SSSR count). The Morgan fingerprint density at radius 2 is 1.80 bits per heavy atom. The van der Waals surface area contributed by atoms with Gasteiger partial charge in [-0.15, -0.1) is 0 Å². The third-order valence-electron chi connectivity index (χ3n) is 11.0. The summed E-state index contributed by atoms with van der Waals surface area (Å²) in [5.74, 6) is -2.40. The number of nitrogens with one attached hydrogen (secondary N) is 1. The van der Waals surface area contributed by atoms with Gasteiger partial charge in [-0.25, -0.2) is 0 Å². The lowest BCUT2D eigenvalue weighted by Gasteiger charge is -2.55. The van der Waals surface area contributed by atoms with Crippen LogP contribution in [0.25, 0.3) is 0 Å². The molecule has 5 heterocycles. The molecule has 0 saturated carbocycles. The number of esters is 1. The Morgan fingerprint density at radius 3 is 2.42 bits per heavy atom. The number of likely N-dealkylation sites (tertiary alicyclic amines) is 1. The SMILES string of the molecule is CO[C@]12C[C@@H](C)CN(C)[C@H](C3CN(C(=O)[C@@H]4CCNC4)C3)COC(=O)C(C)(C)C(=O)[C@H](C)[C@H]1O[C@@H]1O[C@H](C)C[C@H](N(C)C)[C@H]1O2. The van der Waals surface area contributed by atoms with Crippen LogP contribution in [0.3, 0.4) is 0 Å². The van der Waals surface area contributed by atoms with Gasteiger partial charge in [-0.2, -0.15) is 0 Å². The summed E-state index contributed by atoms with van der Waals surface area (Å²) in [6.07, 6.45) is 0.153. The van der Waals surface area contributed by atoms with Crippen LogP contribution in [0, 0.1) is 29.1 Å². The topological polar surface area (TPSA) is 119 Å². The number of rotatable bonds is 4. The van der Waals surface area contributed by atoms with E-state index in [9.17, 15) is 14.4 Å². The fraction of sp³-hybridized carbons (Fsp3) is 0.909. The van der Waals surface area contributed by atoms with Gasteiger partial charge >= 0.3 is 5.97 Å². The van der Waals surface area contributed by atoms with Crippen molar-refractivity contribution in [2.75, 3.05) is 67.6 Å². The predicted molar refractivity (Wildman–Crippen MR) is 166 cm³/mol. The molecule has 5 aliphatic rings. The number of methoxy groups -OCH3 is 1. The molecular weight excluding hydrogens is 580 g/mol. The molecule has 1 N–H and O–H groups in total. The van der Waals surface area contributed by atoms with Gasteiger partial charge in [0.05, 0.1) is 12.0 Å². The number of ether oxygens (including phenoxy) is 5. The maximum absolute atomic E-state index is 14.2. The molecule has 0 aromatic heterocycles. The van der Waals surface area contributed by atoms with Crippen molar-refractivity contribution in [2.45, 2.75) is 96.4 Å². The van der Waals surface area contributed by atoms with E-state index in [-0.39, 0.29) is 54.2 Å². The van der Waals surface area contributed by atoms with Gasteiger partial charge in [0.1, 0.15) is 24.2 Å². The summed E-state index contributed by atoms with van der Waals surface area (Å²) in [4.78, 5) is 47.1. The molecule has 5 aliphatic heterocycles. The van der Waals surface area contributed by atoms with Gasteiger partial charge in [-0.05, 0) is 67.2 Å². The monoisotopic (exact) mass is 636 g/mol. The number of carbonyl (C=O) groups excluding carboxylic acids is 3. The molecule has 5 saturated heterocycles. The van der Waals surface area contributed by atoms with Gasteiger partial charge in [0.25, 0.3) is 0 Å². The molecule has 5 fully saturated rings. The first-order valence-electron chi connectivity index (χ1n) is 16.8. The highest BCUT2D eigenvalue weighted by Gasteiger charge is 2.59. The lowest BCUT2D eigenvalue weighted by Crippen LogP contribution is -2.69. The zero-order chi connectivity index (χ0) is 32.8. The second-order valence-corrected chi connectivity index (χ2v) is 15.1. The molecule has 12 heteroatoms. The van der Waals surface area contributed by atoms with Crippen molar-refractivity contribution in [1.82, 2.24) is 20.0 Å². The summed E-state index contributed by atoms with van der Waals surface area (Å²) >= 11 is 0. The largest absolute Gasteiger partial charge is 0.463 e. The quantitative estimate of drug-likeness (QED) is 0.356. The minimum atomic E-state index is -1.42. The van der Waals surface area contributed by atoms with E-state index in [1.54, 1.807) is 27.9 Å². The Hall–Kier alpha value is -1.67. The summed E-state index contributed by atoms with van der Waals surface area (Å²) in [6.45, 7) is 12.9. The number of likely N-dealkylation sites (N-methyl/N-ethyl adjacent to an activating group) is 2. The molecule has 1 amide bonds. The van der Waals surface area contributed by atoms with Gasteiger partial charge in [-0.1, -0.05) is 13.8 Å². The van der Waals surface area contributed by atoms with Crippen molar-refractivity contribution < 1.29 is 38.1 Å². The fourth-order valence-electron chi connectivity index (χ4n) is 8.23. The molecule has 0 aromatic carbocycles. The number of ketones is 1. The zero-order valence-corrected chi connectivity index (χ0v) is 28.7. The van der Waals surface area contributed by atoms with E-state index >= 15 is 0 Å². The number of hydrogen-bond donors (Lipinski definition) is 1. The molecule has 45 heavy (non-hydrogen) atoms. The van der Waals surface area contributed by atoms with E-state index in [0.29, 0.717) is 26.1 Å². The van der Waals surface area contributed by atoms with Crippen molar-refractivity contribution in [3.63, 3.8) is 0 Å². The first-order chi connectivity index (χ1) is 21.2. The van der Waals surface area contributed by atoms with Crippen molar-refractivity contribution in [1.29, 1.82) is 0 Å². The van der Waals surface area contributed by atoms with Crippen LogP contribution in [0.5, 0.6) is 0 Å². The molecule has 0 aromatic rings. The maximum atomic E-state index is 14.2. The highest BCUT2D eigenvalue weighted by molar-refractivity contribution is 6.04. The molecule has 10 atom stereocenters. The first kappa shape index (κ1) is 34.7. The maximum Gasteiger partial charge on any atom is 0.319 e. The second-order valence-electron chi connectivity index (χ2n) is 15.1. The van der Waals surface area contributed by atoms with Crippen molar-refractivity contribution >= 4 is 17.7 Å².